The number of anilines is 1. The predicted octanol–water partition coefficient (Wildman–Crippen LogP) is 3.85. The zero-order valence-corrected chi connectivity index (χ0v) is 18.0. The number of aromatic nitrogens is 2. The van der Waals surface area contributed by atoms with E-state index >= 15 is 0 Å². The molecule has 1 atom stereocenters. The summed E-state index contributed by atoms with van der Waals surface area (Å²) in [6, 6.07) is 3.49. The van der Waals surface area contributed by atoms with E-state index in [9.17, 15) is 30.4 Å². The topological polar surface area (TPSA) is 78.5 Å². The number of rotatable bonds is 6. The van der Waals surface area contributed by atoms with Crippen molar-refractivity contribution in [2.24, 2.45) is 11.3 Å². The summed E-state index contributed by atoms with van der Waals surface area (Å²) in [5, 5.41) is 0. The van der Waals surface area contributed by atoms with Crippen molar-refractivity contribution < 1.29 is 35.1 Å². The van der Waals surface area contributed by atoms with E-state index in [0.717, 1.165) is 19.3 Å². The number of ether oxygens (including phenoxy) is 1. The van der Waals surface area contributed by atoms with Crippen LogP contribution in [0.25, 0.3) is 0 Å². The van der Waals surface area contributed by atoms with Gasteiger partial charge in [-0.25, -0.2) is 13.4 Å². The number of nitrogens with one attached hydrogen (secondary N) is 1. The van der Waals surface area contributed by atoms with Gasteiger partial charge in [0.05, 0.1) is 18.6 Å². The summed E-state index contributed by atoms with van der Waals surface area (Å²) >= 11 is 0. The van der Waals surface area contributed by atoms with Crippen LogP contribution in [0.1, 0.15) is 30.5 Å². The Balaban J connectivity index is 1.62. The molecule has 4 aliphatic rings. The van der Waals surface area contributed by atoms with Crippen molar-refractivity contribution in [3.63, 3.8) is 0 Å². The molecule has 0 spiro atoms. The van der Waals surface area contributed by atoms with Crippen LogP contribution in [0.15, 0.2) is 30.7 Å². The Bertz CT molecular complexity index is 1120. The second kappa shape index (κ2) is 7.55. The smallest absolute Gasteiger partial charge is 0.435 e. The summed E-state index contributed by atoms with van der Waals surface area (Å²) in [6.45, 7) is -3.84. The zero-order valence-electron chi connectivity index (χ0n) is 17.2. The highest BCUT2D eigenvalue weighted by atomic mass is 32.2. The van der Waals surface area contributed by atoms with Crippen LogP contribution in [0.2, 0.25) is 0 Å². The van der Waals surface area contributed by atoms with E-state index in [4.69, 9.17) is 0 Å². The maximum absolute atomic E-state index is 13.5. The second-order valence-corrected chi connectivity index (χ2v) is 10.9. The molecule has 2 aromatic rings. The van der Waals surface area contributed by atoms with E-state index in [0.29, 0.717) is 21.6 Å². The van der Waals surface area contributed by atoms with E-state index < -0.39 is 34.7 Å². The average molecular weight is 492 g/mol. The fourth-order valence-electron chi connectivity index (χ4n) is 5.42. The molecule has 3 fully saturated rings. The number of benzene rings is 1. The standard InChI is InChI=1S/C20H21F5N4O3S/c21-18(22)32-15-1-2-16-13(3-15)8-28(33(30,31)20(23,24)25)10-17(19-4-12(5-19)6-19)29(16)9-14-7-26-11-27-14/h1-3,7,11-12,17-18H,4-6,8-10H2,(H,26,27)/t12?,17-,19?/m0/s1. The number of fused-ring (bicyclic) bond motifs is 1. The number of hydrogen-bond acceptors (Lipinski definition) is 5. The van der Waals surface area contributed by atoms with Crippen molar-refractivity contribution in [1.82, 2.24) is 14.3 Å². The lowest BCUT2D eigenvalue weighted by molar-refractivity contribution is -0.129. The van der Waals surface area contributed by atoms with Crippen molar-refractivity contribution in [3.8, 4) is 5.75 Å². The van der Waals surface area contributed by atoms with Crippen molar-refractivity contribution in [2.75, 3.05) is 11.4 Å². The summed E-state index contributed by atoms with van der Waals surface area (Å²) in [5.41, 5.74) is -4.43. The minimum Gasteiger partial charge on any atom is -0.435 e. The molecule has 0 unspecified atom stereocenters. The van der Waals surface area contributed by atoms with Gasteiger partial charge in [0.15, 0.2) is 0 Å². The molecule has 2 bridgehead atoms. The van der Waals surface area contributed by atoms with Crippen molar-refractivity contribution in [2.45, 2.75) is 50.5 Å². The summed E-state index contributed by atoms with van der Waals surface area (Å²) in [5.74, 6) is 0.259. The highest BCUT2D eigenvalue weighted by Crippen LogP contribution is 2.67. The van der Waals surface area contributed by atoms with Gasteiger partial charge in [0.25, 0.3) is 0 Å². The lowest BCUT2D eigenvalue weighted by Crippen LogP contribution is -2.66. The van der Waals surface area contributed by atoms with E-state index in [1.54, 1.807) is 6.20 Å². The Morgan fingerprint density at radius 1 is 1.24 bits per heavy atom. The van der Waals surface area contributed by atoms with Crippen LogP contribution in [-0.2, 0) is 23.1 Å². The first kappa shape index (κ1) is 22.4. The molecule has 1 aromatic carbocycles. The number of imidazole rings is 1. The van der Waals surface area contributed by atoms with Gasteiger partial charge in [0, 0.05) is 31.0 Å². The van der Waals surface area contributed by atoms with Crippen LogP contribution < -0.4 is 9.64 Å². The van der Waals surface area contributed by atoms with Gasteiger partial charge in [0.2, 0.25) is 0 Å². The van der Waals surface area contributed by atoms with Crippen molar-refractivity contribution >= 4 is 15.7 Å². The Labute approximate surface area is 186 Å². The minimum absolute atomic E-state index is 0.162. The summed E-state index contributed by atoms with van der Waals surface area (Å²) in [4.78, 5) is 8.85. The molecular formula is C20H21F5N4O3S. The van der Waals surface area contributed by atoms with Crippen LogP contribution >= 0.6 is 0 Å². The Morgan fingerprint density at radius 3 is 2.52 bits per heavy atom. The van der Waals surface area contributed by atoms with Gasteiger partial charge in [-0.2, -0.15) is 26.3 Å². The van der Waals surface area contributed by atoms with Gasteiger partial charge in [-0.3, -0.25) is 0 Å². The number of alkyl halides is 5. The van der Waals surface area contributed by atoms with Crippen LogP contribution in [0, 0.1) is 11.3 Å². The molecule has 33 heavy (non-hydrogen) atoms. The number of aromatic amines is 1. The van der Waals surface area contributed by atoms with Crippen LogP contribution in [0.5, 0.6) is 5.75 Å². The predicted molar refractivity (Wildman–Crippen MR) is 107 cm³/mol. The third-order valence-corrected chi connectivity index (χ3v) is 8.55. The third-order valence-electron chi connectivity index (χ3n) is 7.01. The average Bonchev–Trinajstić information content (AvgIpc) is 3.09. The number of hydrogen-bond donors (Lipinski definition) is 1. The van der Waals surface area contributed by atoms with E-state index in [2.05, 4.69) is 14.7 Å². The number of nitrogens with zero attached hydrogens (tertiary/aromatic N) is 3. The molecular weight excluding hydrogens is 471 g/mol. The van der Waals surface area contributed by atoms with Gasteiger partial charge < -0.3 is 14.6 Å². The molecule has 6 rings (SSSR count). The van der Waals surface area contributed by atoms with E-state index in [-0.39, 0.29) is 29.8 Å². The van der Waals surface area contributed by atoms with E-state index in [1.807, 2.05) is 4.90 Å². The molecule has 1 aromatic heterocycles. The Kier molecular flexibility index (Phi) is 5.12. The maximum atomic E-state index is 13.5. The molecule has 3 aliphatic carbocycles. The minimum atomic E-state index is -5.65. The van der Waals surface area contributed by atoms with Gasteiger partial charge >= 0.3 is 22.1 Å². The van der Waals surface area contributed by atoms with Crippen LogP contribution in [0.3, 0.4) is 0 Å². The SMILES string of the molecule is O=S(=O)(N1Cc2cc(OC(F)F)ccc2N(Cc2cnc[nH]2)[C@H](C23CC(C2)C3)C1)C(F)(F)F. The number of H-pyrrole nitrogens is 1. The lowest BCUT2D eigenvalue weighted by Gasteiger charge is -2.67. The lowest BCUT2D eigenvalue weighted by atomic mass is 9.41. The Hall–Kier alpha value is -2.41. The molecule has 1 aliphatic heterocycles. The highest BCUT2D eigenvalue weighted by Gasteiger charge is 2.63. The maximum Gasteiger partial charge on any atom is 0.511 e. The van der Waals surface area contributed by atoms with Crippen molar-refractivity contribution in [3.05, 3.63) is 42.0 Å². The largest absolute Gasteiger partial charge is 0.511 e. The van der Waals surface area contributed by atoms with E-state index in [1.165, 1.54) is 24.5 Å². The first-order valence-corrected chi connectivity index (χ1v) is 11.8. The first-order chi connectivity index (χ1) is 15.5. The fourth-order valence-corrected chi connectivity index (χ4v) is 6.36. The normalized spacial score (nSPS) is 27.5. The highest BCUT2D eigenvalue weighted by molar-refractivity contribution is 7.89. The molecule has 0 saturated heterocycles. The molecule has 2 heterocycles. The monoisotopic (exact) mass is 492 g/mol. The van der Waals surface area contributed by atoms with Gasteiger partial charge in [-0.05, 0) is 54.4 Å². The molecule has 7 nitrogen and oxygen atoms in total. The van der Waals surface area contributed by atoms with Gasteiger partial charge in [-0.1, -0.05) is 0 Å². The van der Waals surface area contributed by atoms with Crippen LogP contribution in [0.4, 0.5) is 27.6 Å². The second-order valence-electron chi connectivity index (χ2n) is 8.97. The third kappa shape index (κ3) is 3.74. The molecule has 13 heteroatoms. The zero-order chi connectivity index (χ0) is 23.6. The number of sulfonamides is 1. The quantitative estimate of drug-likeness (QED) is 0.620. The van der Waals surface area contributed by atoms with Gasteiger partial charge in [-0.15, -0.1) is 0 Å². The number of halogens is 5. The van der Waals surface area contributed by atoms with Crippen molar-refractivity contribution in [1.29, 1.82) is 0 Å². The summed E-state index contributed by atoms with van der Waals surface area (Å²) in [6.07, 6.45) is 5.52. The summed E-state index contributed by atoms with van der Waals surface area (Å²) in [7, 11) is -5.65. The molecule has 3 saturated carbocycles. The first-order valence-electron chi connectivity index (χ1n) is 10.4. The molecule has 0 radical (unpaired) electrons. The molecule has 0 amide bonds. The Morgan fingerprint density at radius 2 is 1.97 bits per heavy atom. The fraction of sp³-hybridized carbons (Fsp3) is 0.550. The molecule has 180 valence electrons. The summed E-state index contributed by atoms with van der Waals surface area (Å²) < 4.78 is 95.9. The van der Waals surface area contributed by atoms with Crippen LogP contribution in [-0.4, -0.2) is 47.4 Å². The molecule has 1 N–H and O–H groups in total. The van der Waals surface area contributed by atoms with Gasteiger partial charge in [0.1, 0.15) is 5.75 Å².